The van der Waals surface area contributed by atoms with Gasteiger partial charge in [-0.3, -0.25) is 0 Å². The van der Waals surface area contributed by atoms with Gasteiger partial charge in [-0.1, -0.05) is 0 Å². The average molecular weight is 162 g/mol. The van der Waals surface area contributed by atoms with Gasteiger partial charge >= 0.3 is 6.09 Å². The Hall–Kier alpha value is -0.610. The predicted octanol–water partition coefficient (Wildman–Crippen LogP) is 0.513. The van der Waals surface area contributed by atoms with Crippen molar-refractivity contribution in [3.05, 3.63) is 0 Å². The Morgan fingerprint density at radius 2 is 1.82 bits per heavy atom. The molecule has 0 aromatic heterocycles. The van der Waals surface area contributed by atoms with E-state index < -0.39 is 6.09 Å². The Morgan fingerprint density at radius 1 is 1.36 bits per heavy atom. The van der Waals surface area contributed by atoms with Crippen LogP contribution in [0.1, 0.15) is 13.8 Å². The number of nitrogens with zero attached hydrogens (tertiary/aromatic N) is 1. The molecule has 0 saturated heterocycles. The number of hydrogen-bond acceptors (Lipinski definition) is 2. The Morgan fingerprint density at radius 3 is 1.91 bits per heavy atom. The average Bonchev–Trinajstić information content (AvgIpc) is 2.00. The van der Waals surface area contributed by atoms with Gasteiger partial charge in [-0.25, -0.2) is 4.48 Å². The Labute approximate surface area is 66.6 Å². The maximum atomic E-state index is 10.7. The lowest BCUT2D eigenvalue weighted by Gasteiger charge is -2.29. The van der Waals surface area contributed by atoms with E-state index in [1.165, 1.54) is 0 Å². The van der Waals surface area contributed by atoms with Crippen LogP contribution >= 0.6 is 0 Å². The van der Waals surface area contributed by atoms with Crippen LogP contribution in [0, 0.1) is 0 Å². The summed E-state index contributed by atoms with van der Waals surface area (Å²) in [6.07, 6.45) is -0.857. The molecule has 0 rings (SSSR count). The van der Waals surface area contributed by atoms with E-state index in [-0.39, 0.29) is 11.1 Å². The minimum absolute atomic E-state index is 0.0451. The lowest BCUT2D eigenvalue weighted by Crippen LogP contribution is -2.53. The SMILES string of the molecule is CC[N+](CC)(CCO)C(=O)O. The normalized spacial score (nSPS) is 11.5. The molecule has 0 aliphatic rings. The summed E-state index contributed by atoms with van der Waals surface area (Å²) in [5, 5.41) is 17.4. The minimum Gasteiger partial charge on any atom is -0.435 e. The van der Waals surface area contributed by atoms with E-state index in [1.807, 2.05) is 13.8 Å². The maximum Gasteiger partial charge on any atom is 0.513 e. The molecule has 2 N–H and O–H groups in total. The van der Waals surface area contributed by atoms with Gasteiger partial charge in [0, 0.05) is 0 Å². The fraction of sp³-hybridized carbons (Fsp3) is 0.857. The molecular weight excluding hydrogens is 146 g/mol. The van der Waals surface area contributed by atoms with Gasteiger partial charge in [0.1, 0.15) is 6.54 Å². The second kappa shape index (κ2) is 4.31. The van der Waals surface area contributed by atoms with Crippen molar-refractivity contribution in [3.63, 3.8) is 0 Å². The minimum atomic E-state index is -0.857. The fourth-order valence-corrected chi connectivity index (χ4v) is 1.10. The van der Waals surface area contributed by atoms with Crippen LogP contribution in [0.25, 0.3) is 0 Å². The molecule has 0 unspecified atom stereocenters. The summed E-state index contributed by atoms with van der Waals surface area (Å²) < 4.78 is -0.0451. The summed E-state index contributed by atoms with van der Waals surface area (Å²) >= 11 is 0. The van der Waals surface area contributed by atoms with Crippen LogP contribution < -0.4 is 0 Å². The quantitative estimate of drug-likeness (QED) is 0.592. The highest BCUT2D eigenvalue weighted by Gasteiger charge is 2.31. The third kappa shape index (κ3) is 2.17. The highest BCUT2D eigenvalue weighted by molar-refractivity contribution is 5.56. The molecule has 4 nitrogen and oxygen atoms in total. The van der Waals surface area contributed by atoms with E-state index in [1.54, 1.807) is 0 Å². The van der Waals surface area contributed by atoms with Gasteiger partial charge in [0.2, 0.25) is 0 Å². The maximum absolute atomic E-state index is 10.7. The van der Waals surface area contributed by atoms with Crippen molar-refractivity contribution in [1.82, 2.24) is 0 Å². The first kappa shape index (κ1) is 10.4. The van der Waals surface area contributed by atoms with Crippen LogP contribution in [-0.4, -0.2) is 47.0 Å². The van der Waals surface area contributed by atoms with Crippen LogP contribution in [0.3, 0.4) is 0 Å². The molecule has 4 heteroatoms. The topological polar surface area (TPSA) is 57.5 Å². The second-order valence-electron chi connectivity index (χ2n) is 2.51. The van der Waals surface area contributed by atoms with Crippen LogP contribution in [0.15, 0.2) is 0 Å². The van der Waals surface area contributed by atoms with Crippen LogP contribution in [0.2, 0.25) is 0 Å². The third-order valence-electron chi connectivity index (χ3n) is 2.14. The molecule has 0 aliphatic carbocycles. The molecule has 0 spiro atoms. The van der Waals surface area contributed by atoms with Gasteiger partial charge in [-0.05, 0) is 13.8 Å². The summed E-state index contributed by atoms with van der Waals surface area (Å²) in [7, 11) is 0. The van der Waals surface area contributed by atoms with Gasteiger partial charge in [-0.15, -0.1) is 0 Å². The standard InChI is InChI=1S/C7H15NO3/c1-3-8(4-2,5-6-9)7(10)11/h9H,3-6H2,1-2H3/p+1. The molecule has 0 bridgehead atoms. The molecular formula is C7H16NO3+. The van der Waals surface area contributed by atoms with Crippen molar-refractivity contribution in [1.29, 1.82) is 0 Å². The molecule has 1 amide bonds. The number of carbonyl (C=O) groups is 1. The molecule has 0 fully saturated rings. The first-order valence-corrected chi connectivity index (χ1v) is 3.83. The Bertz CT molecular complexity index is 132. The van der Waals surface area contributed by atoms with Crippen LogP contribution in [-0.2, 0) is 0 Å². The van der Waals surface area contributed by atoms with E-state index in [4.69, 9.17) is 10.2 Å². The number of amides is 1. The zero-order valence-electron chi connectivity index (χ0n) is 7.08. The highest BCUT2D eigenvalue weighted by atomic mass is 16.4. The summed E-state index contributed by atoms with van der Waals surface area (Å²) in [4.78, 5) is 10.7. The molecule has 11 heavy (non-hydrogen) atoms. The number of likely N-dealkylation sites (N-methyl/N-ethyl adjacent to an activating group) is 1. The third-order valence-corrected chi connectivity index (χ3v) is 2.14. The van der Waals surface area contributed by atoms with Crippen molar-refractivity contribution in [2.45, 2.75) is 13.8 Å². The fourth-order valence-electron chi connectivity index (χ4n) is 1.10. The van der Waals surface area contributed by atoms with Crippen LogP contribution in [0.5, 0.6) is 0 Å². The first-order valence-electron chi connectivity index (χ1n) is 3.83. The van der Waals surface area contributed by atoms with E-state index >= 15 is 0 Å². The number of rotatable bonds is 4. The Balaban J connectivity index is 4.32. The molecule has 0 atom stereocenters. The molecule has 66 valence electrons. The molecule has 0 heterocycles. The van der Waals surface area contributed by atoms with Crippen molar-refractivity contribution < 1.29 is 19.5 Å². The van der Waals surface area contributed by atoms with Crippen LogP contribution in [0.4, 0.5) is 4.79 Å². The van der Waals surface area contributed by atoms with Gasteiger partial charge in [0.25, 0.3) is 0 Å². The van der Waals surface area contributed by atoms with Crippen molar-refractivity contribution in [2.24, 2.45) is 0 Å². The van der Waals surface area contributed by atoms with E-state index in [0.29, 0.717) is 19.6 Å². The molecule has 0 saturated carbocycles. The van der Waals surface area contributed by atoms with Crippen molar-refractivity contribution >= 4 is 6.09 Å². The number of aliphatic hydroxyl groups excluding tert-OH is 1. The molecule has 0 aromatic rings. The predicted molar refractivity (Wildman–Crippen MR) is 41.3 cm³/mol. The largest absolute Gasteiger partial charge is 0.513 e. The zero-order valence-corrected chi connectivity index (χ0v) is 7.08. The smallest absolute Gasteiger partial charge is 0.435 e. The lowest BCUT2D eigenvalue weighted by atomic mass is 10.4. The number of aliphatic hydroxyl groups is 1. The summed E-state index contributed by atoms with van der Waals surface area (Å²) in [5.41, 5.74) is 0. The zero-order chi connectivity index (χ0) is 8.91. The summed E-state index contributed by atoms with van der Waals surface area (Å²) in [6, 6.07) is 0. The second-order valence-corrected chi connectivity index (χ2v) is 2.51. The molecule has 0 aromatic carbocycles. The highest BCUT2D eigenvalue weighted by Crippen LogP contribution is 2.05. The lowest BCUT2D eigenvalue weighted by molar-refractivity contribution is -0.854. The summed E-state index contributed by atoms with van der Waals surface area (Å²) in [5.74, 6) is 0. The number of hydrogen-bond donors (Lipinski definition) is 2. The van der Waals surface area contributed by atoms with Gasteiger partial charge in [0.05, 0.1) is 19.7 Å². The number of carboxylic acid groups (broad SMARTS) is 1. The Kier molecular flexibility index (Phi) is 4.07. The summed E-state index contributed by atoms with van der Waals surface area (Å²) in [6.45, 7) is 4.88. The van der Waals surface area contributed by atoms with E-state index in [0.717, 1.165) is 0 Å². The van der Waals surface area contributed by atoms with Gasteiger partial charge < -0.3 is 10.2 Å². The monoisotopic (exact) mass is 162 g/mol. The van der Waals surface area contributed by atoms with E-state index in [9.17, 15) is 4.79 Å². The number of quaternary nitrogens is 1. The molecule has 0 radical (unpaired) electrons. The van der Waals surface area contributed by atoms with Crippen molar-refractivity contribution in [3.8, 4) is 0 Å². The first-order chi connectivity index (χ1) is 5.13. The van der Waals surface area contributed by atoms with Gasteiger partial charge in [0.15, 0.2) is 0 Å². The molecule has 0 aliphatic heterocycles. The van der Waals surface area contributed by atoms with Crippen molar-refractivity contribution in [2.75, 3.05) is 26.2 Å². The van der Waals surface area contributed by atoms with E-state index in [2.05, 4.69) is 0 Å². The van der Waals surface area contributed by atoms with Gasteiger partial charge in [-0.2, -0.15) is 4.79 Å².